The highest BCUT2D eigenvalue weighted by atomic mass is 16.2. The molecule has 0 aliphatic heterocycles. The van der Waals surface area contributed by atoms with E-state index in [2.05, 4.69) is 6.92 Å². The van der Waals surface area contributed by atoms with E-state index < -0.39 is 10.8 Å². The van der Waals surface area contributed by atoms with Gasteiger partial charge in [-0.2, -0.15) is 0 Å². The zero-order chi connectivity index (χ0) is 19.6. The van der Waals surface area contributed by atoms with E-state index in [4.69, 9.17) is 0 Å². The van der Waals surface area contributed by atoms with Crippen molar-refractivity contribution >= 4 is 11.6 Å². The molecule has 4 saturated carbocycles. The number of ketones is 2. The lowest BCUT2D eigenvalue weighted by Crippen LogP contribution is -2.71. The first-order valence-electron chi connectivity index (χ1n) is 12.7. The van der Waals surface area contributed by atoms with Gasteiger partial charge >= 0.3 is 0 Å². The lowest BCUT2D eigenvalue weighted by atomic mass is 9.39. The van der Waals surface area contributed by atoms with Crippen molar-refractivity contribution in [2.24, 2.45) is 28.6 Å². The molecule has 0 aromatic heterocycles. The molecule has 2 spiro atoms. The van der Waals surface area contributed by atoms with E-state index in [1.54, 1.807) is 0 Å². The minimum Gasteiger partial charge on any atom is -0.297 e. The number of unbranched alkanes of at least 4 members (excludes halogenated alkanes) is 3. The average Bonchev–Trinajstić information content (AvgIpc) is 2.77. The normalized spacial score (nSPS) is 34.5. The molecule has 0 amide bonds. The van der Waals surface area contributed by atoms with Crippen molar-refractivity contribution in [3.05, 3.63) is 0 Å². The second kappa shape index (κ2) is 8.60. The summed E-state index contributed by atoms with van der Waals surface area (Å²) in [7, 11) is 0. The summed E-state index contributed by atoms with van der Waals surface area (Å²) >= 11 is 0. The highest BCUT2D eigenvalue weighted by Gasteiger charge is 2.73. The maximum atomic E-state index is 13.6. The smallest absolute Gasteiger partial charge is 0.160 e. The lowest BCUT2D eigenvalue weighted by molar-refractivity contribution is -0.185. The second-order valence-electron chi connectivity index (χ2n) is 10.8. The van der Waals surface area contributed by atoms with Gasteiger partial charge in [0.05, 0.1) is 10.8 Å². The van der Waals surface area contributed by atoms with Crippen molar-refractivity contribution in [1.82, 2.24) is 0 Å². The van der Waals surface area contributed by atoms with E-state index >= 15 is 0 Å². The van der Waals surface area contributed by atoms with Gasteiger partial charge in [-0.25, -0.2) is 0 Å². The van der Waals surface area contributed by atoms with E-state index in [1.807, 2.05) is 0 Å². The summed E-state index contributed by atoms with van der Waals surface area (Å²) in [6.07, 6.45) is 21.6. The molecule has 1 atom stereocenters. The van der Waals surface area contributed by atoms with Crippen molar-refractivity contribution in [3.63, 3.8) is 0 Å². The Kier molecular flexibility index (Phi) is 6.33. The molecule has 0 N–H and O–H groups in total. The number of Topliss-reactive ketones (excluding diaryl/α,β-unsaturated/α-hetero) is 2. The van der Waals surface area contributed by atoms with Gasteiger partial charge in [-0.05, 0) is 56.3 Å². The molecule has 4 aliphatic carbocycles. The van der Waals surface area contributed by atoms with Crippen LogP contribution in [0.15, 0.2) is 0 Å². The number of carbonyl (C=O) groups excluding carboxylic acids is 2. The number of carbonyl (C=O) groups is 2. The summed E-state index contributed by atoms with van der Waals surface area (Å²) in [5.41, 5.74) is -1.06. The minimum atomic E-state index is -0.534. The molecule has 4 rings (SSSR count). The summed E-state index contributed by atoms with van der Waals surface area (Å²) in [6, 6.07) is 0. The van der Waals surface area contributed by atoms with Crippen LogP contribution in [0.3, 0.4) is 0 Å². The van der Waals surface area contributed by atoms with Gasteiger partial charge in [0.1, 0.15) is 0 Å². The molecule has 0 heterocycles. The van der Waals surface area contributed by atoms with Crippen LogP contribution in [0.25, 0.3) is 0 Å². The zero-order valence-corrected chi connectivity index (χ0v) is 18.3. The van der Waals surface area contributed by atoms with Gasteiger partial charge in [-0.15, -0.1) is 0 Å². The Labute approximate surface area is 172 Å². The Balaban J connectivity index is 1.39. The number of hydrogen-bond donors (Lipinski definition) is 0. The van der Waals surface area contributed by atoms with Crippen molar-refractivity contribution in [1.29, 1.82) is 0 Å². The first-order valence-corrected chi connectivity index (χ1v) is 12.7. The largest absolute Gasteiger partial charge is 0.297 e. The fraction of sp³-hybridized carbons (Fsp3) is 0.923. The average molecular weight is 387 g/mol. The highest BCUT2D eigenvalue weighted by molar-refractivity contribution is 6.31. The van der Waals surface area contributed by atoms with Gasteiger partial charge in [0, 0.05) is 0 Å². The number of hydrogen-bond acceptors (Lipinski definition) is 2. The Morgan fingerprint density at radius 2 is 1.43 bits per heavy atom. The molecule has 0 bridgehead atoms. The van der Waals surface area contributed by atoms with Crippen LogP contribution in [0.5, 0.6) is 0 Å². The third-order valence-corrected chi connectivity index (χ3v) is 9.28. The van der Waals surface area contributed by atoms with Crippen LogP contribution in [-0.4, -0.2) is 11.6 Å². The van der Waals surface area contributed by atoms with Crippen LogP contribution in [0.4, 0.5) is 0 Å². The monoisotopic (exact) mass is 386 g/mol. The molecule has 2 heteroatoms. The summed E-state index contributed by atoms with van der Waals surface area (Å²) in [4.78, 5) is 27.3. The van der Waals surface area contributed by atoms with Crippen LogP contribution in [0.2, 0.25) is 0 Å². The predicted octanol–water partition coefficient (Wildman–Crippen LogP) is 7.04. The molecule has 0 saturated heterocycles. The molecule has 4 fully saturated rings. The van der Waals surface area contributed by atoms with Crippen molar-refractivity contribution in [3.8, 4) is 0 Å². The van der Waals surface area contributed by atoms with E-state index in [9.17, 15) is 9.59 Å². The van der Waals surface area contributed by atoms with E-state index in [0.717, 1.165) is 50.9 Å². The minimum absolute atomic E-state index is 0.384. The first-order chi connectivity index (χ1) is 13.6. The third-order valence-electron chi connectivity index (χ3n) is 9.28. The van der Waals surface area contributed by atoms with Gasteiger partial charge < -0.3 is 0 Å². The quantitative estimate of drug-likeness (QED) is 0.362. The molecular formula is C26H42O2. The number of rotatable bonds is 6. The molecule has 4 aliphatic rings. The topological polar surface area (TPSA) is 34.1 Å². The van der Waals surface area contributed by atoms with Gasteiger partial charge in [-0.3, -0.25) is 9.59 Å². The van der Waals surface area contributed by atoms with Crippen molar-refractivity contribution < 1.29 is 9.59 Å². The maximum Gasteiger partial charge on any atom is 0.160 e. The summed E-state index contributed by atoms with van der Waals surface area (Å²) < 4.78 is 0. The van der Waals surface area contributed by atoms with Crippen molar-refractivity contribution in [2.45, 2.75) is 122 Å². The fourth-order valence-corrected chi connectivity index (χ4v) is 7.75. The van der Waals surface area contributed by atoms with E-state index in [-0.39, 0.29) is 0 Å². The Morgan fingerprint density at radius 3 is 2.11 bits per heavy atom. The van der Waals surface area contributed by atoms with Gasteiger partial charge in [0.15, 0.2) is 11.6 Å². The molecule has 1 unspecified atom stereocenters. The molecule has 2 nitrogen and oxygen atoms in total. The SMILES string of the molecule is CCCCCC[C@H]1CC[C@H](C2CCCCC23C(=O)C2(CCCCC2)C3=O)CC1. The van der Waals surface area contributed by atoms with Gasteiger partial charge in [0.2, 0.25) is 0 Å². The summed E-state index contributed by atoms with van der Waals surface area (Å²) in [6.45, 7) is 2.28. The van der Waals surface area contributed by atoms with Crippen LogP contribution in [0.1, 0.15) is 122 Å². The molecular weight excluding hydrogens is 344 g/mol. The summed E-state index contributed by atoms with van der Waals surface area (Å²) in [5, 5.41) is 0. The second-order valence-corrected chi connectivity index (χ2v) is 10.8. The van der Waals surface area contributed by atoms with E-state index in [1.165, 1.54) is 70.6 Å². The predicted molar refractivity (Wildman–Crippen MR) is 114 cm³/mol. The maximum absolute atomic E-state index is 13.6. The van der Waals surface area contributed by atoms with Crippen LogP contribution in [0, 0.1) is 28.6 Å². The van der Waals surface area contributed by atoms with Crippen LogP contribution < -0.4 is 0 Å². The van der Waals surface area contributed by atoms with E-state index in [0.29, 0.717) is 23.4 Å². The highest BCUT2D eigenvalue weighted by Crippen LogP contribution is 2.64. The van der Waals surface area contributed by atoms with Crippen LogP contribution in [-0.2, 0) is 9.59 Å². The Morgan fingerprint density at radius 1 is 0.750 bits per heavy atom. The summed E-state index contributed by atoms with van der Waals surface area (Å²) in [5.74, 6) is 2.76. The molecule has 158 valence electrons. The molecule has 0 aromatic rings. The Bertz CT molecular complexity index is 545. The third kappa shape index (κ3) is 3.31. The lowest BCUT2D eigenvalue weighted by Gasteiger charge is -2.60. The van der Waals surface area contributed by atoms with Crippen LogP contribution >= 0.6 is 0 Å². The van der Waals surface area contributed by atoms with Gasteiger partial charge in [0.25, 0.3) is 0 Å². The van der Waals surface area contributed by atoms with Crippen molar-refractivity contribution in [2.75, 3.05) is 0 Å². The molecule has 0 radical (unpaired) electrons. The van der Waals surface area contributed by atoms with Gasteiger partial charge in [-0.1, -0.05) is 84.0 Å². The first kappa shape index (κ1) is 20.6. The Hall–Kier alpha value is -0.660. The standard InChI is InChI=1S/C26H42O2/c1-2-3-4-6-11-20-13-15-21(16-14-20)22-12-7-10-19-26(22)23(27)25(24(26)28)17-8-5-9-18-25/h20-22H,2-19H2,1H3/t20-,21-,22?. The zero-order valence-electron chi connectivity index (χ0n) is 18.3. The molecule has 0 aromatic carbocycles. The fourth-order valence-electron chi connectivity index (χ4n) is 7.75. The molecule has 28 heavy (non-hydrogen) atoms.